The van der Waals surface area contributed by atoms with Crippen LogP contribution >= 0.6 is 0 Å². The first kappa shape index (κ1) is 72.1. The minimum atomic E-state index is -0.784. The molecule has 0 fully saturated rings. The summed E-state index contributed by atoms with van der Waals surface area (Å²) in [4.78, 5) is 38.3. The first-order chi connectivity index (χ1) is 37.0. The lowest BCUT2D eigenvalue weighted by Crippen LogP contribution is -2.30. The van der Waals surface area contributed by atoms with Crippen LogP contribution in [-0.2, 0) is 28.6 Å². The number of hydrogen-bond donors (Lipinski definition) is 0. The van der Waals surface area contributed by atoms with Crippen LogP contribution in [0.2, 0.25) is 0 Å². The van der Waals surface area contributed by atoms with E-state index in [0.717, 1.165) is 96.3 Å². The van der Waals surface area contributed by atoms with Crippen LogP contribution in [0.3, 0.4) is 0 Å². The molecule has 0 heterocycles. The highest BCUT2D eigenvalue weighted by Gasteiger charge is 2.19. The number of esters is 3. The van der Waals surface area contributed by atoms with Crippen molar-refractivity contribution in [2.75, 3.05) is 13.2 Å². The van der Waals surface area contributed by atoms with E-state index in [1.165, 1.54) is 205 Å². The highest BCUT2D eigenvalue weighted by molar-refractivity contribution is 5.71. The second-order valence-electron chi connectivity index (χ2n) is 22.0. The average molecular weight is 1050 g/mol. The summed E-state index contributed by atoms with van der Waals surface area (Å²) >= 11 is 0. The van der Waals surface area contributed by atoms with Crippen molar-refractivity contribution < 1.29 is 28.6 Å². The molecule has 0 radical (unpaired) electrons. The fraction of sp³-hybridized carbons (Fsp3) is 0.812. The van der Waals surface area contributed by atoms with Gasteiger partial charge in [0.2, 0.25) is 0 Å². The molecule has 0 rings (SSSR count). The second-order valence-corrected chi connectivity index (χ2v) is 22.0. The molecular formula is C69H124O6. The van der Waals surface area contributed by atoms with E-state index in [-0.39, 0.29) is 31.1 Å². The van der Waals surface area contributed by atoms with E-state index in [9.17, 15) is 14.4 Å². The molecule has 0 aliphatic carbocycles. The summed E-state index contributed by atoms with van der Waals surface area (Å²) in [5, 5.41) is 0. The lowest BCUT2D eigenvalue weighted by molar-refractivity contribution is -0.167. The molecule has 0 N–H and O–H groups in total. The van der Waals surface area contributed by atoms with Crippen molar-refractivity contribution in [1.82, 2.24) is 0 Å². The number of ether oxygens (including phenoxy) is 3. The molecule has 0 aromatic rings. The molecule has 0 spiro atoms. The zero-order valence-electron chi connectivity index (χ0n) is 50.1. The van der Waals surface area contributed by atoms with Gasteiger partial charge in [0.05, 0.1) is 0 Å². The quantitative estimate of drug-likeness (QED) is 0.0261. The van der Waals surface area contributed by atoms with Gasteiger partial charge in [-0.05, 0) is 103 Å². The minimum absolute atomic E-state index is 0.0798. The molecule has 0 saturated carbocycles. The molecule has 1 atom stereocenters. The maximum atomic E-state index is 12.9. The van der Waals surface area contributed by atoms with Gasteiger partial charge >= 0.3 is 17.9 Å². The Bertz CT molecular complexity index is 1340. The summed E-state index contributed by atoms with van der Waals surface area (Å²) in [6.45, 7) is 6.56. The monoisotopic (exact) mass is 1050 g/mol. The zero-order chi connectivity index (χ0) is 54.3. The predicted molar refractivity (Wildman–Crippen MR) is 325 cm³/mol. The van der Waals surface area contributed by atoms with Gasteiger partial charge in [0.25, 0.3) is 0 Å². The molecule has 0 aromatic heterocycles. The molecular weight excluding hydrogens is 925 g/mol. The normalized spacial score (nSPS) is 12.4. The largest absolute Gasteiger partial charge is 0.462 e. The molecule has 0 saturated heterocycles. The smallest absolute Gasteiger partial charge is 0.306 e. The summed E-state index contributed by atoms with van der Waals surface area (Å²) < 4.78 is 16.9. The van der Waals surface area contributed by atoms with Crippen molar-refractivity contribution in [3.05, 3.63) is 60.8 Å². The predicted octanol–water partition coefficient (Wildman–Crippen LogP) is 22.3. The van der Waals surface area contributed by atoms with E-state index >= 15 is 0 Å². The van der Waals surface area contributed by atoms with Gasteiger partial charge in [-0.15, -0.1) is 0 Å². The van der Waals surface area contributed by atoms with E-state index in [1.54, 1.807) is 0 Å². The number of carbonyl (C=O) groups excluding carboxylic acids is 3. The summed E-state index contributed by atoms with van der Waals surface area (Å²) in [6.07, 6.45) is 80.9. The molecule has 0 aromatic carbocycles. The maximum Gasteiger partial charge on any atom is 0.306 e. The molecule has 0 amide bonds. The van der Waals surface area contributed by atoms with E-state index in [1.807, 2.05) is 0 Å². The van der Waals surface area contributed by atoms with Gasteiger partial charge in [-0.3, -0.25) is 14.4 Å². The number of hydrogen-bond acceptors (Lipinski definition) is 6. The van der Waals surface area contributed by atoms with E-state index < -0.39 is 6.10 Å². The third-order valence-electron chi connectivity index (χ3n) is 14.5. The van der Waals surface area contributed by atoms with Gasteiger partial charge < -0.3 is 14.2 Å². The highest BCUT2D eigenvalue weighted by atomic mass is 16.6. The van der Waals surface area contributed by atoms with Crippen molar-refractivity contribution in [2.24, 2.45) is 0 Å². The van der Waals surface area contributed by atoms with Crippen LogP contribution in [0.25, 0.3) is 0 Å². The number of unbranched alkanes of at least 4 members (excludes halogenated alkanes) is 39. The van der Waals surface area contributed by atoms with Gasteiger partial charge in [0, 0.05) is 19.3 Å². The Morgan fingerprint density at radius 3 is 0.827 bits per heavy atom. The van der Waals surface area contributed by atoms with Gasteiger partial charge in [-0.25, -0.2) is 0 Å². The molecule has 6 heteroatoms. The summed E-state index contributed by atoms with van der Waals surface area (Å²) in [6, 6.07) is 0. The van der Waals surface area contributed by atoms with Crippen molar-refractivity contribution in [3.8, 4) is 0 Å². The SMILES string of the molecule is CC/C=C\C/C=C\C/C=C\CCCCCCCC(=O)OCC(COC(=O)CCCCCCCCCCC/C=C\CCCCCCCCCC)OC(=O)CCCCCCCCCCC/C=C\CCCCCCCCCC. The lowest BCUT2D eigenvalue weighted by Gasteiger charge is -2.18. The van der Waals surface area contributed by atoms with Crippen LogP contribution in [0.4, 0.5) is 0 Å². The van der Waals surface area contributed by atoms with Gasteiger partial charge in [0.1, 0.15) is 13.2 Å². The van der Waals surface area contributed by atoms with E-state index in [4.69, 9.17) is 14.2 Å². The third-order valence-corrected chi connectivity index (χ3v) is 14.5. The molecule has 0 bridgehead atoms. The first-order valence-corrected chi connectivity index (χ1v) is 32.8. The number of rotatable bonds is 60. The van der Waals surface area contributed by atoms with Crippen LogP contribution in [0.1, 0.15) is 342 Å². The molecule has 0 aliphatic rings. The number of allylic oxidation sites excluding steroid dienone is 10. The minimum Gasteiger partial charge on any atom is -0.462 e. The Kier molecular flexibility index (Phi) is 61.2. The topological polar surface area (TPSA) is 78.9 Å². The fourth-order valence-corrected chi connectivity index (χ4v) is 9.57. The van der Waals surface area contributed by atoms with Gasteiger partial charge in [-0.1, -0.05) is 281 Å². The maximum absolute atomic E-state index is 12.9. The fourth-order valence-electron chi connectivity index (χ4n) is 9.57. The van der Waals surface area contributed by atoms with Crippen LogP contribution < -0.4 is 0 Å². The lowest BCUT2D eigenvalue weighted by atomic mass is 10.1. The molecule has 6 nitrogen and oxygen atoms in total. The Morgan fingerprint density at radius 1 is 0.280 bits per heavy atom. The second kappa shape index (κ2) is 63.6. The van der Waals surface area contributed by atoms with Gasteiger partial charge in [0.15, 0.2) is 6.10 Å². The Morgan fingerprint density at radius 2 is 0.520 bits per heavy atom. The van der Waals surface area contributed by atoms with Crippen molar-refractivity contribution in [2.45, 2.75) is 348 Å². The molecule has 75 heavy (non-hydrogen) atoms. The van der Waals surface area contributed by atoms with Crippen LogP contribution in [-0.4, -0.2) is 37.2 Å². The van der Waals surface area contributed by atoms with Crippen LogP contribution in [0, 0.1) is 0 Å². The molecule has 0 aliphatic heterocycles. The zero-order valence-corrected chi connectivity index (χ0v) is 50.1. The third kappa shape index (κ3) is 61.8. The summed E-state index contributed by atoms with van der Waals surface area (Å²) in [5.41, 5.74) is 0. The summed E-state index contributed by atoms with van der Waals surface area (Å²) in [7, 11) is 0. The average Bonchev–Trinajstić information content (AvgIpc) is 3.41. The van der Waals surface area contributed by atoms with Crippen LogP contribution in [0.5, 0.6) is 0 Å². The Hall–Kier alpha value is -2.89. The Balaban J connectivity index is 4.34. The van der Waals surface area contributed by atoms with E-state index in [2.05, 4.69) is 81.5 Å². The van der Waals surface area contributed by atoms with E-state index in [0.29, 0.717) is 19.3 Å². The van der Waals surface area contributed by atoms with Crippen LogP contribution in [0.15, 0.2) is 60.8 Å². The highest BCUT2D eigenvalue weighted by Crippen LogP contribution is 2.17. The van der Waals surface area contributed by atoms with Gasteiger partial charge in [-0.2, -0.15) is 0 Å². The standard InChI is InChI=1S/C69H124O6/c1-4-7-10-13-16-19-22-25-28-30-32-34-36-38-41-44-47-50-53-56-59-62-68(71)74-65-66(64-73-67(70)61-58-55-52-49-46-43-40-27-24-21-18-15-12-9-6-3)75-69(72)63-60-57-54-51-48-45-42-39-37-35-33-31-29-26-23-20-17-14-11-8-5-2/h9,12,18,21,27,30-33,40,66H,4-8,10-11,13-17,19-20,22-26,28-29,34-39,41-65H2,1-3H3/b12-9-,21-18-,32-30-,33-31-,40-27-. The Labute approximate surface area is 466 Å². The van der Waals surface area contributed by atoms with Crippen molar-refractivity contribution in [1.29, 1.82) is 0 Å². The van der Waals surface area contributed by atoms with Crippen molar-refractivity contribution in [3.63, 3.8) is 0 Å². The van der Waals surface area contributed by atoms with Crippen molar-refractivity contribution >= 4 is 17.9 Å². The first-order valence-electron chi connectivity index (χ1n) is 32.8. The molecule has 436 valence electrons. The number of carbonyl (C=O) groups is 3. The summed E-state index contributed by atoms with van der Waals surface area (Å²) in [5.74, 6) is -0.883. The molecule has 1 unspecified atom stereocenters.